The largest absolute Gasteiger partial charge is 0.444 e. The van der Waals surface area contributed by atoms with Gasteiger partial charge in [-0.25, -0.2) is 4.79 Å². The van der Waals surface area contributed by atoms with Gasteiger partial charge in [-0.05, 0) is 39.5 Å². The van der Waals surface area contributed by atoms with Crippen LogP contribution >= 0.6 is 0 Å². The first kappa shape index (κ1) is 26.6. The summed E-state index contributed by atoms with van der Waals surface area (Å²) >= 11 is 0. The first-order valence-corrected chi connectivity index (χ1v) is 12.7. The van der Waals surface area contributed by atoms with Gasteiger partial charge in [0, 0.05) is 20.0 Å². The maximum Gasteiger partial charge on any atom is 0.407 e. The van der Waals surface area contributed by atoms with Crippen molar-refractivity contribution in [3.63, 3.8) is 0 Å². The van der Waals surface area contributed by atoms with Crippen molar-refractivity contribution in [2.24, 2.45) is 5.92 Å². The molecule has 9 heteroatoms. The summed E-state index contributed by atoms with van der Waals surface area (Å²) in [5, 5.41) is 13.7. The zero-order valence-corrected chi connectivity index (χ0v) is 21.5. The van der Waals surface area contributed by atoms with Gasteiger partial charge in [-0.3, -0.25) is 0 Å². The van der Waals surface area contributed by atoms with Crippen molar-refractivity contribution in [1.82, 2.24) is 5.32 Å². The van der Waals surface area contributed by atoms with E-state index in [0.29, 0.717) is 26.2 Å². The maximum atomic E-state index is 12.2. The molecule has 4 aliphatic rings. The fourth-order valence-electron chi connectivity index (χ4n) is 5.24. The number of carbonyl (C=O) groups is 1. The SMILES string of the molecule is CO[C@]1(C)C[C@@]2(CO2)[C@H](O)C(/C=C/C(C)=C/C[C@@H]2O[C@H](C)[C@H](NC(=O)O[C@@H]3CCOC3)C[C@@H]2C)O1. The lowest BCUT2D eigenvalue weighted by Crippen LogP contribution is -2.55. The van der Waals surface area contributed by atoms with Crippen molar-refractivity contribution in [2.75, 3.05) is 26.9 Å². The molecule has 4 fully saturated rings. The van der Waals surface area contributed by atoms with E-state index in [4.69, 9.17) is 28.4 Å². The minimum Gasteiger partial charge on any atom is -0.444 e. The number of nitrogens with one attached hydrogen (secondary N) is 1. The number of ether oxygens (including phenoxy) is 6. The Morgan fingerprint density at radius 3 is 2.74 bits per heavy atom. The highest BCUT2D eigenvalue weighted by molar-refractivity contribution is 5.68. The molecule has 0 bridgehead atoms. The van der Waals surface area contributed by atoms with Crippen molar-refractivity contribution in [3.05, 3.63) is 23.8 Å². The summed E-state index contributed by atoms with van der Waals surface area (Å²) in [6, 6.07) is -0.0851. The fourth-order valence-corrected chi connectivity index (χ4v) is 5.24. The molecule has 35 heavy (non-hydrogen) atoms. The second kappa shape index (κ2) is 10.9. The molecule has 1 unspecified atom stereocenters. The third-order valence-corrected chi connectivity index (χ3v) is 7.71. The molecule has 4 saturated heterocycles. The van der Waals surface area contributed by atoms with E-state index in [1.54, 1.807) is 7.11 Å². The molecule has 4 heterocycles. The predicted octanol–water partition coefficient (Wildman–Crippen LogP) is 2.86. The van der Waals surface area contributed by atoms with Crippen LogP contribution in [0.3, 0.4) is 0 Å². The monoisotopic (exact) mass is 495 g/mol. The Balaban J connectivity index is 1.27. The Labute approximate surface area is 208 Å². The third kappa shape index (κ3) is 6.45. The van der Waals surface area contributed by atoms with Crippen molar-refractivity contribution in [2.45, 2.75) is 101 Å². The molecule has 0 aliphatic carbocycles. The highest BCUT2D eigenvalue weighted by Gasteiger charge is 2.61. The van der Waals surface area contributed by atoms with Gasteiger partial charge in [0.1, 0.15) is 23.9 Å². The van der Waals surface area contributed by atoms with Crippen LogP contribution in [-0.4, -0.2) is 86.1 Å². The van der Waals surface area contributed by atoms with Crippen LogP contribution in [0.2, 0.25) is 0 Å². The van der Waals surface area contributed by atoms with Crippen LogP contribution in [0.5, 0.6) is 0 Å². The maximum absolute atomic E-state index is 12.2. The number of methoxy groups -OCH3 is 1. The fraction of sp³-hybridized carbons (Fsp3) is 0.808. The van der Waals surface area contributed by atoms with Crippen LogP contribution in [0.1, 0.15) is 53.4 Å². The molecular weight excluding hydrogens is 454 g/mol. The molecular formula is C26H41NO8. The van der Waals surface area contributed by atoms with Gasteiger partial charge in [0.2, 0.25) is 0 Å². The smallest absolute Gasteiger partial charge is 0.407 e. The zero-order valence-electron chi connectivity index (χ0n) is 21.5. The van der Waals surface area contributed by atoms with Crippen LogP contribution < -0.4 is 5.32 Å². The molecule has 9 nitrogen and oxygen atoms in total. The zero-order chi connectivity index (χ0) is 25.2. The van der Waals surface area contributed by atoms with E-state index in [2.05, 4.69) is 18.3 Å². The topological polar surface area (TPSA) is 108 Å². The number of hydrogen-bond acceptors (Lipinski definition) is 8. The Bertz CT molecular complexity index is 805. The Morgan fingerprint density at radius 2 is 2.09 bits per heavy atom. The molecule has 4 aliphatic heterocycles. The van der Waals surface area contributed by atoms with Gasteiger partial charge in [-0.1, -0.05) is 30.7 Å². The van der Waals surface area contributed by atoms with E-state index < -0.39 is 29.7 Å². The number of epoxide rings is 1. The van der Waals surface area contributed by atoms with Gasteiger partial charge < -0.3 is 38.8 Å². The van der Waals surface area contributed by atoms with Gasteiger partial charge in [0.25, 0.3) is 0 Å². The first-order chi connectivity index (χ1) is 16.6. The summed E-state index contributed by atoms with van der Waals surface area (Å²) in [4.78, 5) is 12.2. The number of hydrogen-bond donors (Lipinski definition) is 2. The molecule has 1 spiro atoms. The molecule has 198 valence electrons. The average Bonchev–Trinajstić information content (AvgIpc) is 3.39. The number of amides is 1. The molecule has 9 atom stereocenters. The number of alkyl carbamates (subject to hydrolysis) is 1. The third-order valence-electron chi connectivity index (χ3n) is 7.71. The van der Waals surface area contributed by atoms with E-state index >= 15 is 0 Å². The lowest BCUT2D eigenvalue weighted by atomic mass is 9.87. The van der Waals surface area contributed by atoms with Crippen molar-refractivity contribution in [1.29, 1.82) is 0 Å². The van der Waals surface area contributed by atoms with E-state index in [-0.39, 0.29) is 30.3 Å². The quantitative estimate of drug-likeness (QED) is 0.410. The van der Waals surface area contributed by atoms with Gasteiger partial charge in [0.05, 0.1) is 38.1 Å². The summed E-state index contributed by atoms with van der Waals surface area (Å²) in [5.74, 6) is -0.511. The van der Waals surface area contributed by atoms with Crippen LogP contribution in [0, 0.1) is 5.92 Å². The second-order valence-electron chi connectivity index (χ2n) is 10.7. The number of aliphatic hydroxyl groups excluding tert-OH is 1. The highest BCUT2D eigenvalue weighted by atomic mass is 16.7. The number of rotatable bonds is 7. The van der Waals surface area contributed by atoms with Crippen LogP contribution in [0.4, 0.5) is 4.79 Å². The summed E-state index contributed by atoms with van der Waals surface area (Å²) < 4.78 is 34.1. The Hall–Kier alpha value is -1.49. The number of allylic oxidation sites excluding steroid dienone is 2. The molecule has 2 N–H and O–H groups in total. The van der Waals surface area contributed by atoms with E-state index in [1.165, 1.54) is 0 Å². The van der Waals surface area contributed by atoms with Crippen LogP contribution in [0.15, 0.2) is 23.8 Å². The Kier molecular flexibility index (Phi) is 8.25. The van der Waals surface area contributed by atoms with Gasteiger partial charge in [-0.2, -0.15) is 0 Å². The lowest BCUT2D eigenvalue weighted by molar-refractivity contribution is -0.284. The first-order valence-electron chi connectivity index (χ1n) is 12.7. The van der Waals surface area contributed by atoms with Crippen LogP contribution in [0.25, 0.3) is 0 Å². The molecule has 0 aromatic carbocycles. The Morgan fingerprint density at radius 1 is 1.31 bits per heavy atom. The average molecular weight is 496 g/mol. The highest BCUT2D eigenvalue weighted by Crippen LogP contribution is 2.46. The summed E-state index contributed by atoms with van der Waals surface area (Å²) in [7, 11) is 1.61. The second-order valence-corrected chi connectivity index (χ2v) is 10.7. The molecule has 0 saturated carbocycles. The van der Waals surface area contributed by atoms with Crippen molar-refractivity contribution < 1.29 is 38.3 Å². The van der Waals surface area contributed by atoms with E-state index in [1.807, 2.05) is 32.9 Å². The van der Waals surface area contributed by atoms with E-state index in [9.17, 15) is 9.90 Å². The van der Waals surface area contributed by atoms with Gasteiger partial charge >= 0.3 is 6.09 Å². The molecule has 1 amide bonds. The molecule has 0 aromatic heterocycles. The summed E-state index contributed by atoms with van der Waals surface area (Å²) in [5.41, 5.74) is 0.487. The normalized spacial score (nSPS) is 44.1. The van der Waals surface area contributed by atoms with E-state index in [0.717, 1.165) is 24.8 Å². The van der Waals surface area contributed by atoms with Gasteiger partial charge in [0.15, 0.2) is 5.79 Å². The number of aliphatic hydroxyl groups is 1. The minimum atomic E-state index is -0.786. The summed E-state index contributed by atoms with van der Waals surface area (Å²) in [6.07, 6.45) is 6.97. The molecule has 0 radical (unpaired) electrons. The summed E-state index contributed by atoms with van der Waals surface area (Å²) in [6.45, 7) is 9.66. The number of carbonyl (C=O) groups excluding carboxylic acids is 1. The molecule has 0 aromatic rings. The lowest BCUT2D eigenvalue weighted by Gasteiger charge is -2.42. The van der Waals surface area contributed by atoms with Crippen molar-refractivity contribution >= 4 is 6.09 Å². The standard InChI is InChI=1S/C26H41NO8/c1-16(7-9-22-23(28)26(15-32-26)14-25(4,30-5)35-22)6-8-21-17(2)12-20(18(3)33-21)27-24(29)34-19-10-11-31-13-19/h6-7,9,17-23,28H,8,10-15H2,1-5H3,(H,27,29)/b9-7+,16-6+/t17-,18+,19+,20+,21-,22?,23+,25-,26+/m0/s1. The molecule has 4 rings (SSSR count). The van der Waals surface area contributed by atoms with Crippen molar-refractivity contribution in [3.8, 4) is 0 Å². The minimum absolute atomic E-state index is 0.0575. The van der Waals surface area contributed by atoms with Crippen LogP contribution in [-0.2, 0) is 28.4 Å². The van der Waals surface area contributed by atoms with Gasteiger partial charge in [-0.15, -0.1) is 0 Å². The predicted molar refractivity (Wildman–Crippen MR) is 128 cm³/mol.